The quantitative estimate of drug-likeness (QED) is 0.807. The summed E-state index contributed by atoms with van der Waals surface area (Å²) in [4.78, 5) is 23.7. The molecule has 2 aromatic rings. The van der Waals surface area contributed by atoms with Crippen molar-refractivity contribution >= 4 is 23.5 Å². The molecule has 2 rings (SSSR count). The Hall–Kier alpha value is -2.21. The number of hydrogen-bond acceptors (Lipinski definition) is 5. The summed E-state index contributed by atoms with van der Waals surface area (Å²) in [6.07, 6.45) is 4.78. The largest absolute Gasteiger partial charge is 0.352 e. The molecule has 0 aromatic carbocycles. The summed E-state index contributed by atoms with van der Waals surface area (Å²) in [5, 5.41) is 6.18. The monoisotopic (exact) mass is 277 g/mol. The fourth-order valence-corrected chi connectivity index (χ4v) is 1.52. The van der Waals surface area contributed by atoms with Crippen molar-refractivity contribution < 1.29 is 4.79 Å². The smallest absolute Gasteiger partial charge is 0.269 e. The van der Waals surface area contributed by atoms with Gasteiger partial charge in [-0.25, -0.2) is 9.97 Å². The maximum absolute atomic E-state index is 11.7. The van der Waals surface area contributed by atoms with Crippen LogP contribution in [-0.4, -0.2) is 33.9 Å². The summed E-state index contributed by atoms with van der Waals surface area (Å²) in [5.74, 6) is 0.260. The lowest BCUT2D eigenvalue weighted by Crippen LogP contribution is -2.29. The molecule has 0 fully saturated rings. The average molecular weight is 278 g/mol. The minimum atomic E-state index is -0.265. The highest BCUT2D eigenvalue weighted by molar-refractivity contribution is 6.30. The molecule has 0 radical (unpaired) electrons. The van der Waals surface area contributed by atoms with Crippen LogP contribution in [0.1, 0.15) is 10.5 Å². The number of carbonyl (C=O) groups is 1. The molecule has 0 saturated carbocycles. The van der Waals surface area contributed by atoms with Gasteiger partial charge in [0.2, 0.25) is 5.95 Å². The van der Waals surface area contributed by atoms with E-state index in [-0.39, 0.29) is 5.91 Å². The van der Waals surface area contributed by atoms with E-state index in [2.05, 4.69) is 25.6 Å². The molecular weight excluding hydrogens is 266 g/mol. The summed E-state index contributed by atoms with van der Waals surface area (Å²) in [6.45, 7) is 0.960. The normalized spacial score (nSPS) is 9.95. The number of amides is 1. The van der Waals surface area contributed by atoms with Crippen molar-refractivity contribution in [3.05, 3.63) is 47.5 Å². The number of halogens is 1. The van der Waals surface area contributed by atoms with E-state index >= 15 is 0 Å². The molecule has 2 aromatic heterocycles. The maximum atomic E-state index is 11.7. The first kappa shape index (κ1) is 13.2. The van der Waals surface area contributed by atoms with Crippen LogP contribution in [0.3, 0.4) is 0 Å². The molecule has 0 aliphatic carbocycles. The molecule has 98 valence electrons. The highest BCUT2D eigenvalue weighted by Gasteiger charge is 2.06. The molecule has 6 nitrogen and oxygen atoms in total. The number of carbonyl (C=O) groups excluding carboxylic acids is 1. The van der Waals surface area contributed by atoms with Gasteiger partial charge in [0.1, 0.15) is 5.69 Å². The fourth-order valence-electron chi connectivity index (χ4n) is 1.36. The molecule has 1 amide bonds. The molecule has 0 atom stereocenters. The van der Waals surface area contributed by atoms with Crippen LogP contribution in [0.25, 0.3) is 0 Å². The van der Waals surface area contributed by atoms with Crippen molar-refractivity contribution in [2.75, 3.05) is 18.4 Å². The van der Waals surface area contributed by atoms with Gasteiger partial charge in [-0.3, -0.25) is 9.78 Å². The van der Waals surface area contributed by atoms with Crippen molar-refractivity contribution in [3.8, 4) is 0 Å². The Labute approximate surface area is 115 Å². The first-order valence-corrected chi connectivity index (χ1v) is 6.04. The van der Waals surface area contributed by atoms with Gasteiger partial charge in [0, 0.05) is 36.7 Å². The zero-order valence-electron chi connectivity index (χ0n) is 10.0. The predicted molar refractivity (Wildman–Crippen MR) is 72.1 cm³/mol. The summed E-state index contributed by atoms with van der Waals surface area (Å²) < 4.78 is 0. The predicted octanol–water partition coefficient (Wildman–Crippen LogP) is 1.37. The van der Waals surface area contributed by atoms with Crippen LogP contribution in [0.15, 0.2) is 36.8 Å². The standard InChI is InChI=1S/C12H12ClN5O/c13-9-2-5-14-10(8-9)11(19)15-6-7-18-12-16-3-1-4-17-12/h1-5,8H,6-7H2,(H,15,19)(H,16,17,18). The third-order valence-electron chi connectivity index (χ3n) is 2.21. The van der Waals surface area contributed by atoms with Crippen LogP contribution < -0.4 is 10.6 Å². The highest BCUT2D eigenvalue weighted by atomic mass is 35.5. The van der Waals surface area contributed by atoms with E-state index < -0.39 is 0 Å². The van der Waals surface area contributed by atoms with Crippen molar-refractivity contribution in [3.63, 3.8) is 0 Å². The molecule has 2 heterocycles. The van der Waals surface area contributed by atoms with Crippen LogP contribution in [0.5, 0.6) is 0 Å². The third kappa shape index (κ3) is 4.18. The van der Waals surface area contributed by atoms with Crippen LogP contribution in [0.4, 0.5) is 5.95 Å². The Morgan fingerprint density at radius 2 is 1.95 bits per heavy atom. The lowest BCUT2D eigenvalue weighted by molar-refractivity contribution is 0.0950. The minimum Gasteiger partial charge on any atom is -0.352 e. The topological polar surface area (TPSA) is 79.8 Å². The lowest BCUT2D eigenvalue weighted by Gasteiger charge is -2.06. The molecule has 0 spiro atoms. The highest BCUT2D eigenvalue weighted by Crippen LogP contribution is 2.07. The van der Waals surface area contributed by atoms with Crippen molar-refractivity contribution in [2.24, 2.45) is 0 Å². The SMILES string of the molecule is O=C(NCCNc1ncccn1)c1cc(Cl)ccn1. The number of nitrogens with zero attached hydrogens (tertiary/aromatic N) is 3. The van der Waals surface area contributed by atoms with Crippen LogP contribution in [-0.2, 0) is 0 Å². The number of hydrogen-bond donors (Lipinski definition) is 2. The Morgan fingerprint density at radius 1 is 1.16 bits per heavy atom. The van der Waals surface area contributed by atoms with Gasteiger partial charge < -0.3 is 10.6 Å². The van der Waals surface area contributed by atoms with E-state index in [4.69, 9.17) is 11.6 Å². The molecule has 7 heteroatoms. The summed E-state index contributed by atoms with van der Waals surface area (Å²) >= 11 is 5.78. The van der Waals surface area contributed by atoms with Crippen LogP contribution in [0, 0.1) is 0 Å². The summed E-state index contributed by atoms with van der Waals surface area (Å²) in [7, 11) is 0. The van der Waals surface area contributed by atoms with Gasteiger partial charge in [0.05, 0.1) is 0 Å². The number of nitrogens with one attached hydrogen (secondary N) is 2. The van der Waals surface area contributed by atoms with Gasteiger partial charge in [-0.2, -0.15) is 0 Å². The number of anilines is 1. The third-order valence-corrected chi connectivity index (χ3v) is 2.45. The van der Waals surface area contributed by atoms with E-state index in [0.29, 0.717) is 29.8 Å². The average Bonchev–Trinajstić information content (AvgIpc) is 2.44. The van der Waals surface area contributed by atoms with E-state index in [9.17, 15) is 4.79 Å². The van der Waals surface area contributed by atoms with E-state index in [1.165, 1.54) is 12.3 Å². The van der Waals surface area contributed by atoms with E-state index in [1.807, 2.05) is 0 Å². The Morgan fingerprint density at radius 3 is 2.68 bits per heavy atom. The van der Waals surface area contributed by atoms with Gasteiger partial charge >= 0.3 is 0 Å². The Kier molecular flexibility index (Phi) is 4.63. The van der Waals surface area contributed by atoms with Crippen molar-refractivity contribution in [1.82, 2.24) is 20.3 Å². The van der Waals surface area contributed by atoms with E-state index in [0.717, 1.165) is 0 Å². The first-order chi connectivity index (χ1) is 9.25. The van der Waals surface area contributed by atoms with Gasteiger partial charge in [-0.1, -0.05) is 11.6 Å². The van der Waals surface area contributed by atoms with Crippen molar-refractivity contribution in [2.45, 2.75) is 0 Å². The molecule has 19 heavy (non-hydrogen) atoms. The molecule has 0 aliphatic heterocycles. The molecule has 0 aliphatic rings. The molecule has 0 bridgehead atoms. The maximum Gasteiger partial charge on any atom is 0.269 e. The number of aromatic nitrogens is 3. The second-order valence-corrected chi connectivity index (χ2v) is 4.05. The number of rotatable bonds is 5. The zero-order chi connectivity index (χ0) is 13.5. The van der Waals surface area contributed by atoms with Gasteiger partial charge in [-0.05, 0) is 18.2 Å². The first-order valence-electron chi connectivity index (χ1n) is 5.66. The second kappa shape index (κ2) is 6.65. The van der Waals surface area contributed by atoms with Gasteiger partial charge in [0.15, 0.2) is 0 Å². The van der Waals surface area contributed by atoms with E-state index in [1.54, 1.807) is 24.5 Å². The van der Waals surface area contributed by atoms with Crippen molar-refractivity contribution in [1.29, 1.82) is 0 Å². The summed E-state index contributed by atoms with van der Waals surface area (Å²) in [6, 6.07) is 4.87. The van der Waals surface area contributed by atoms with Gasteiger partial charge in [0.25, 0.3) is 5.91 Å². The number of pyridine rings is 1. The minimum absolute atomic E-state index is 0.265. The Bertz CT molecular complexity index is 549. The summed E-state index contributed by atoms with van der Waals surface area (Å²) in [5.41, 5.74) is 0.295. The van der Waals surface area contributed by atoms with Crippen LogP contribution >= 0.6 is 11.6 Å². The van der Waals surface area contributed by atoms with Crippen LogP contribution in [0.2, 0.25) is 5.02 Å². The van der Waals surface area contributed by atoms with Gasteiger partial charge in [-0.15, -0.1) is 0 Å². The molecule has 2 N–H and O–H groups in total. The second-order valence-electron chi connectivity index (χ2n) is 3.61. The molecular formula is C12H12ClN5O. The molecule has 0 unspecified atom stereocenters. The lowest BCUT2D eigenvalue weighted by atomic mass is 10.3. The fraction of sp³-hybridized carbons (Fsp3) is 0.167. The Balaban J connectivity index is 1.75. The zero-order valence-corrected chi connectivity index (χ0v) is 10.8. The molecule has 0 saturated heterocycles.